The molecule has 0 spiro atoms. The lowest BCUT2D eigenvalue weighted by molar-refractivity contribution is -0.121. The first-order chi connectivity index (χ1) is 13.5. The molecule has 0 fully saturated rings. The number of nitrogens with one attached hydrogen (secondary N) is 2. The van der Waals surface area contributed by atoms with Crippen LogP contribution < -0.4 is 20.3 Å². The molecule has 2 aromatic rings. The molecule has 0 bridgehead atoms. The molecule has 0 radical (unpaired) electrons. The first-order valence-corrected chi connectivity index (χ1v) is 9.40. The van der Waals surface area contributed by atoms with Gasteiger partial charge in [0.05, 0.1) is 18.4 Å². The summed E-state index contributed by atoms with van der Waals surface area (Å²) in [5, 5.41) is 5.95. The van der Waals surface area contributed by atoms with Gasteiger partial charge in [0.15, 0.2) is 0 Å². The summed E-state index contributed by atoms with van der Waals surface area (Å²) in [7, 11) is 5.15. The molecule has 2 N–H and O–H groups in total. The lowest BCUT2D eigenvalue weighted by Crippen LogP contribution is -2.37. The fourth-order valence-electron chi connectivity index (χ4n) is 3.01. The van der Waals surface area contributed by atoms with E-state index >= 15 is 0 Å². The van der Waals surface area contributed by atoms with Gasteiger partial charge in [-0.15, -0.1) is 0 Å². The summed E-state index contributed by atoms with van der Waals surface area (Å²) in [5.41, 5.74) is 2.21. The zero-order chi connectivity index (χ0) is 20.5. The van der Waals surface area contributed by atoms with Gasteiger partial charge in [-0.1, -0.05) is 31.2 Å². The Kier molecular flexibility index (Phi) is 8.02. The van der Waals surface area contributed by atoms with Crippen LogP contribution in [-0.4, -0.2) is 46.1 Å². The van der Waals surface area contributed by atoms with Crippen molar-refractivity contribution in [2.45, 2.75) is 13.3 Å². The van der Waals surface area contributed by atoms with E-state index in [1.54, 1.807) is 37.3 Å². The third kappa shape index (κ3) is 5.57. The molecule has 1 atom stereocenters. The predicted octanol–water partition coefficient (Wildman–Crippen LogP) is 2.49. The Hall–Kier alpha value is -2.86. The van der Waals surface area contributed by atoms with Crippen LogP contribution in [0.4, 0.5) is 5.69 Å². The lowest BCUT2D eigenvalue weighted by atomic mass is 10.1. The second-order valence-corrected chi connectivity index (χ2v) is 6.73. The number of methoxy groups -OCH3 is 1. The lowest BCUT2D eigenvalue weighted by Gasteiger charge is -2.23. The van der Waals surface area contributed by atoms with Crippen LogP contribution in [0.25, 0.3) is 0 Å². The van der Waals surface area contributed by atoms with E-state index in [1.807, 2.05) is 44.3 Å². The van der Waals surface area contributed by atoms with Crippen molar-refractivity contribution in [1.82, 2.24) is 10.6 Å². The SMILES string of the molecule is CNCC(C)C(=O)N(C)c1ccccc1C(=O)NCCc1ccc(OC)cc1. The van der Waals surface area contributed by atoms with Crippen molar-refractivity contribution in [2.24, 2.45) is 5.92 Å². The second-order valence-electron chi connectivity index (χ2n) is 6.73. The molecule has 0 heterocycles. The van der Waals surface area contributed by atoms with E-state index in [2.05, 4.69) is 10.6 Å². The van der Waals surface area contributed by atoms with Crippen molar-refractivity contribution in [2.75, 3.05) is 39.2 Å². The third-order valence-electron chi connectivity index (χ3n) is 4.63. The molecule has 0 aliphatic rings. The fourth-order valence-corrected chi connectivity index (χ4v) is 3.01. The number of benzene rings is 2. The molecule has 0 saturated heterocycles. The number of para-hydroxylation sites is 1. The minimum absolute atomic E-state index is 0.0344. The van der Waals surface area contributed by atoms with E-state index in [9.17, 15) is 9.59 Å². The van der Waals surface area contributed by atoms with Gasteiger partial charge < -0.3 is 20.3 Å². The van der Waals surface area contributed by atoms with E-state index in [0.29, 0.717) is 30.8 Å². The molecular formula is C22H29N3O3. The molecule has 2 aromatic carbocycles. The van der Waals surface area contributed by atoms with Gasteiger partial charge in [-0.05, 0) is 43.3 Å². The Bertz CT molecular complexity index is 790. The standard InChI is InChI=1S/C22H29N3O3/c1-16(15-23-2)22(27)25(3)20-8-6-5-7-19(20)21(26)24-14-13-17-9-11-18(28-4)12-10-17/h5-12,16,23H,13-15H2,1-4H3,(H,24,26). The molecule has 0 aliphatic heterocycles. The van der Waals surface area contributed by atoms with E-state index in [0.717, 1.165) is 11.3 Å². The van der Waals surface area contributed by atoms with E-state index < -0.39 is 0 Å². The number of carbonyl (C=O) groups is 2. The van der Waals surface area contributed by atoms with E-state index in [4.69, 9.17) is 4.74 Å². The number of hydrogen-bond donors (Lipinski definition) is 2. The smallest absolute Gasteiger partial charge is 0.253 e. The minimum Gasteiger partial charge on any atom is -0.497 e. The molecule has 0 saturated carbocycles. The maximum absolute atomic E-state index is 12.7. The first-order valence-electron chi connectivity index (χ1n) is 9.40. The predicted molar refractivity (Wildman–Crippen MR) is 112 cm³/mol. The summed E-state index contributed by atoms with van der Waals surface area (Å²) in [6, 6.07) is 14.9. The quantitative estimate of drug-likeness (QED) is 0.698. The highest BCUT2D eigenvalue weighted by atomic mass is 16.5. The van der Waals surface area contributed by atoms with Gasteiger partial charge in [-0.2, -0.15) is 0 Å². The fraction of sp³-hybridized carbons (Fsp3) is 0.364. The van der Waals surface area contributed by atoms with Crippen LogP contribution in [0.3, 0.4) is 0 Å². The average Bonchev–Trinajstić information content (AvgIpc) is 2.73. The van der Waals surface area contributed by atoms with Crippen molar-refractivity contribution in [3.8, 4) is 5.75 Å². The maximum Gasteiger partial charge on any atom is 0.253 e. The highest BCUT2D eigenvalue weighted by molar-refractivity contribution is 6.05. The highest BCUT2D eigenvalue weighted by Gasteiger charge is 2.22. The van der Waals surface area contributed by atoms with Gasteiger partial charge in [-0.25, -0.2) is 0 Å². The Morgan fingerprint density at radius 1 is 1.11 bits per heavy atom. The zero-order valence-corrected chi connectivity index (χ0v) is 17.0. The second kappa shape index (κ2) is 10.5. The molecule has 6 nitrogen and oxygen atoms in total. The number of amides is 2. The van der Waals surface area contributed by atoms with E-state index in [1.165, 1.54) is 0 Å². The molecule has 28 heavy (non-hydrogen) atoms. The van der Waals surface area contributed by atoms with Gasteiger partial charge in [0, 0.05) is 26.1 Å². The molecule has 2 amide bonds. The van der Waals surface area contributed by atoms with Crippen molar-refractivity contribution < 1.29 is 14.3 Å². The molecular weight excluding hydrogens is 354 g/mol. The Morgan fingerprint density at radius 2 is 1.79 bits per heavy atom. The van der Waals surface area contributed by atoms with Crippen LogP contribution in [0.15, 0.2) is 48.5 Å². The molecule has 1 unspecified atom stereocenters. The summed E-state index contributed by atoms with van der Waals surface area (Å²) < 4.78 is 5.15. The van der Waals surface area contributed by atoms with Crippen LogP contribution in [0.5, 0.6) is 5.75 Å². The number of carbonyl (C=O) groups excluding carboxylic acids is 2. The third-order valence-corrected chi connectivity index (χ3v) is 4.63. The van der Waals surface area contributed by atoms with Crippen molar-refractivity contribution in [1.29, 1.82) is 0 Å². The van der Waals surface area contributed by atoms with Crippen LogP contribution in [0.2, 0.25) is 0 Å². The normalized spacial score (nSPS) is 11.6. The first kappa shape index (κ1) is 21.4. The topological polar surface area (TPSA) is 70.7 Å². The summed E-state index contributed by atoms with van der Waals surface area (Å²) in [5.74, 6) is 0.404. The number of rotatable bonds is 9. The summed E-state index contributed by atoms with van der Waals surface area (Å²) in [4.78, 5) is 26.9. The Balaban J connectivity index is 2.02. The van der Waals surface area contributed by atoms with Gasteiger partial charge >= 0.3 is 0 Å². The Labute approximate surface area is 166 Å². The summed E-state index contributed by atoms with van der Waals surface area (Å²) in [6.07, 6.45) is 0.714. The van der Waals surface area contributed by atoms with Gasteiger partial charge in [0.25, 0.3) is 5.91 Å². The van der Waals surface area contributed by atoms with E-state index in [-0.39, 0.29) is 17.7 Å². The molecule has 2 rings (SSSR count). The number of nitrogens with zero attached hydrogens (tertiary/aromatic N) is 1. The molecule has 0 aliphatic carbocycles. The number of anilines is 1. The monoisotopic (exact) mass is 383 g/mol. The van der Waals surface area contributed by atoms with Gasteiger partial charge in [0.1, 0.15) is 5.75 Å². The molecule has 6 heteroatoms. The van der Waals surface area contributed by atoms with Crippen LogP contribution in [-0.2, 0) is 11.2 Å². The largest absolute Gasteiger partial charge is 0.497 e. The zero-order valence-electron chi connectivity index (χ0n) is 17.0. The molecule has 150 valence electrons. The van der Waals surface area contributed by atoms with Crippen molar-refractivity contribution in [3.63, 3.8) is 0 Å². The Morgan fingerprint density at radius 3 is 2.43 bits per heavy atom. The van der Waals surface area contributed by atoms with Crippen LogP contribution in [0, 0.1) is 5.92 Å². The maximum atomic E-state index is 12.7. The van der Waals surface area contributed by atoms with Gasteiger partial charge in [-0.3, -0.25) is 9.59 Å². The van der Waals surface area contributed by atoms with Crippen LogP contribution in [0.1, 0.15) is 22.8 Å². The van der Waals surface area contributed by atoms with Gasteiger partial charge in [0.2, 0.25) is 5.91 Å². The average molecular weight is 383 g/mol. The minimum atomic E-state index is -0.190. The summed E-state index contributed by atoms with van der Waals surface area (Å²) >= 11 is 0. The number of ether oxygens (including phenoxy) is 1. The molecule has 0 aromatic heterocycles. The van der Waals surface area contributed by atoms with Crippen molar-refractivity contribution in [3.05, 3.63) is 59.7 Å². The van der Waals surface area contributed by atoms with Crippen molar-refractivity contribution >= 4 is 17.5 Å². The highest BCUT2D eigenvalue weighted by Crippen LogP contribution is 2.21. The summed E-state index contributed by atoms with van der Waals surface area (Å²) in [6.45, 7) is 2.96. The van der Waals surface area contributed by atoms with Crippen LogP contribution >= 0.6 is 0 Å². The number of hydrogen-bond acceptors (Lipinski definition) is 4.